The van der Waals surface area contributed by atoms with E-state index >= 15 is 0 Å². The SMILES string of the molecule is O=C(Nc1nnc(NCc2ccncc2)s1)c1ccc(Cl)c(Cl)c1. The van der Waals surface area contributed by atoms with E-state index in [2.05, 4.69) is 25.8 Å². The Morgan fingerprint density at radius 3 is 2.54 bits per heavy atom. The third kappa shape index (κ3) is 4.19. The van der Waals surface area contributed by atoms with E-state index in [4.69, 9.17) is 23.2 Å². The van der Waals surface area contributed by atoms with Gasteiger partial charge in [-0.05, 0) is 35.9 Å². The molecule has 0 aliphatic carbocycles. The van der Waals surface area contributed by atoms with Crippen molar-refractivity contribution in [2.75, 3.05) is 10.6 Å². The number of rotatable bonds is 5. The first-order valence-corrected chi connectivity index (χ1v) is 8.42. The quantitative estimate of drug-likeness (QED) is 0.697. The summed E-state index contributed by atoms with van der Waals surface area (Å²) >= 11 is 13.0. The van der Waals surface area contributed by atoms with Gasteiger partial charge in [0.05, 0.1) is 10.0 Å². The number of pyridine rings is 1. The molecule has 3 aromatic rings. The summed E-state index contributed by atoms with van der Waals surface area (Å²) in [6.45, 7) is 0.595. The molecule has 0 saturated heterocycles. The highest BCUT2D eigenvalue weighted by molar-refractivity contribution is 7.19. The molecule has 0 atom stereocenters. The molecule has 3 rings (SSSR count). The monoisotopic (exact) mass is 379 g/mol. The van der Waals surface area contributed by atoms with Crippen molar-refractivity contribution in [2.24, 2.45) is 0 Å². The molecule has 0 aliphatic heterocycles. The third-order valence-corrected chi connectivity index (χ3v) is 4.56. The summed E-state index contributed by atoms with van der Waals surface area (Å²) < 4.78 is 0. The number of nitrogens with zero attached hydrogens (tertiary/aromatic N) is 3. The van der Waals surface area contributed by atoms with Crippen LogP contribution in [0.5, 0.6) is 0 Å². The van der Waals surface area contributed by atoms with Crippen LogP contribution in [0, 0.1) is 0 Å². The molecule has 0 spiro atoms. The topological polar surface area (TPSA) is 79.8 Å². The van der Waals surface area contributed by atoms with E-state index in [1.165, 1.54) is 17.4 Å². The molecule has 0 radical (unpaired) electrons. The Hall–Kier alpha value is -2.22. The first-order chi connectivity index (χ1) is 11.6. The number of hydrogen-bond acceptors (Lipinski definition) is 6. The van der Waals surface area contributed by atoms with Gasteiger partial charge in [-0.2, -0.15) is 0 Å². The van der Waals surface area contributed by atoms with Crippen LogP contribution in [-0.2, 0) is 6.54 Å². The lowest BCUT2D eigenvalue weighted by Crippen LogP contribution is -2.11. The van der Waals surface area contributed by atoms with Crippen LogP contribution >= 0.6 is 34.5 Å². The molecule has 122 valence electrons. The van der Waals surface area contributed by atoms with E-state index in [0.29, 0.717) is 32.4 Å². The van der Waals surface area contributed by atoms with E-state index in [1.807, 2.05) is 12.1 Å². The van der Waals surface area contributed by atoms with Gasteiger partial charge in [-0.3, -0.25) is 15.1 Å². The summed E-state index contributed by atoms with van der Waals surface area (Å²) in [7, 11) is 0. The summed E-state index contributed by atoms with van der Waals surface area (Å²) in [5.74, 6) is -0.328. The molecule has 0 unspecified atom stereocenters. The zero-order chi connectivity index (χ0) is 16.9. The van der Waals surface area contributed by atoms with Crippen LogP contribution in [0.3, 0.4) is 0 Å². The lowest BCUT2D eigenvalue weighted by molar-refractivity contribution is 0.102. The second-order valence-electron chi connectivity index (χ2n) is 4.70. The summed E-state index contributed by atoms with van der Waals surface area (Å²) in [6.07, 6.45) is 3.44. The summed E-state index contributed by atoms with van der Waals surface area (Å²) in [5, 5.41) is 15.5. The fourth-order valence-corrected chi connectivity index (χ4v) is 2.76. The van der Waals surface area contributed by atoms with Crippen molar-refractivity contribution in [3.63, 3.8) is 0 Å². The zero-order valence-electron chi connectivity index (χ0n) is 12.2. The summed E-state index contributed by atoms with van der Waals surface area (Å²) in [6, 6.07) is 8.47. The molecule has 2 aromatic heterocycles. The molecule has 2 heterocycles. The fourth-order valence-electron chi connectivity index (χ4n) is 1.83. The van der Waals surface area contributed by atoms with Gasteiger partial charge in [-0.1, -0.05) is 34.5 Å². The molecule has 1 amide bonds. The van der Waals surface area contributed by atoms with Crippen molar-refractivity contribution >= 4 is 50.7 Å². The van der Waals surface area contributed by atoms with Crippen LogP contribution in [0.2, 0.25) is 10.0 Å². The molecule has 9 heteroatoms. The maximum Gasteiger partial charge on any atom is 0.257 e. The summed E-state index contributed by atoms with van der Waals surface area (Å²) in [5.41, 5.74) is 1.47. The second kappa shape index (κ2) is 7.57. The number of anilines is 2. The molecule has 2 N–H and O–H groups in total. The van der Waals surface area contributed by atoms with Gasteiger partial charge >= 0.3 is 0 Å². The van der Waals surface area contributed by atoms with Crippen LogP contribution in [-0.4, -0.2) is 21.1 Å². The summed E-state index contributed by atoms with van der Waals surface area (Å²) in [4.78, 5) is 16.1. The maximum absolute atomic E-state index is 12.2. The highest BCUT2D eigenvalue weighted by atomic mass is 35.5. The molecule has 0 fully saturated rings. The minimum atomic E-state index is -0.328. The number of aromatic nitrogens is 3. The van der Waals surface area contributed by atoms with Crippen LogP contribution in [0.4, 0.5) is 10.3 Å². The first kappa shape index (κ1) is 16.6. The van der Waals surface area contributed by atoms with E-state index in [1.54, 1.807) is 24.5 Å². The number of amides is 1. The van der Waals surface area contributed by atoms with Crippen molar-refractivity contribution in [3.8, 4) is 0 Å². The molecule has 0 bridgehead atoms. The molecule has 24 heavy (non-hydrogen) atoms. The molecular weight excluding hydrogens is 369 g/mol. The average Bonchev–Trinajstić information content (AvgIpc) is 3.04. The minimum Gasteiger partial charge on any atom is -0.356 e. The standard InChI is InChI=1S/C15H11Cl2N5OS/c16-11-2-1-10(7-12(11)17)13(23)20-15-22-21-14(24-15)19-8-9-3-5-18-6-4-9/h1-7H,8H2,(H,19,21)(H,20,22,23). The van der Waals surface area contributed by atoms with Crippen molar-refractivity contribution < 1.29 is 4.79 Å². The Balaban J connectivity index is 1.61. The van der Waals surface area contributed by atoms with Crippen molar-refractivity contribution in [1.82, 2.24) is 15.2 Å². The highest BCUT2D eigenvalue weighted by Crippen LogP contribution is 2.24. The van der Waals surface area contributed by atoms with E-state index < -0.39 is 0 Å². The van der Waals surface area contributed by atoms with E-state index in [9.17, 15) is 4.79 Å². The second-order valence-corrected chi connectivity index (χ2v) is 6.50. The fraction of sp³-hybridized carbons (Fsp3) is 0.0667. The van der Waals surface area contributed by atoms with E-state index in [-0.39, 0.29) is 5.91 Å². The lowest BCUT2D eigenvalue weighted by atomic mass is 10.2. The molecule has 1 aromatic carbocycles. The lowest BCUT2D eigenvalue weighted by Gasteiger charge is -2.03. The number of carbonyl (C=O) groups excluding carboxylic acids is 1. The van der Waals surface area contributed by atoms with Crippen molar-refractivity contribution in [3.05, 3.63) is 63.9 Å². The van der Waals surface area contributed by atoms with Gasteiger partial charge in [0, 0.05) is 24.5 Å². The highest BCUT2D eigenvalue weighted by Gasteiger charge is 2.11. The normalized spacial score (nSPS) is 10.4. The Morgan fingerprint density at radius 2 is 1.79 bits per heavy atom. The maximum atomic E-state index is 12.2. The van der Waals surface area contributed by atoms with Gasteiger partial charge in [0.15, 0.2) is 0 Å². The van der Waals surface area contributed by atoms with Crippen LogP contribution in [0.15, 0.2) is 42.7 Å². The van der Waals surface area contributed by atoms with Gasteiger partial charge in [-0.15, -0.1) is 10.2 Å². The number of benzene rings is 1. The number of halogens is 2. The van der Waals surface area contributed by atoms with Gasteiger partial charge in [0.1, 0.15) is 0 Å². The van der Waals surface area contributed by atoms with Gasteiger partial charge in [-0.25, -0.2) is 0 Å². The van der Waals surface area contributed by atoms with Crippen molar-refractivity contribution in [1.29, 1.82) is 0 Å². The predicted octanol–water partition coefficient (Wildman–Crippen LogP) is 4.10. The Bertz CT molecular complexity index is 856. The number of nitrogens with one attached hydrogen (secondary N) is 2. The smallest absolute Gasteiger partial charge is 0.257 e. The number of carbonyl (C=O) groups is 1. The van der Waals surface area contributed by atoms with Crippen LogP contribution in [0.1, 0.15) is 15.9 Å². The van der Waals surface area contributed by atoms with Crippen LogP contribution < -0.4 is 10.6 Å². The van der Waals surface area contributed by atoms with Crippen LogP contribution in [0.25, 0.3) is 0 Å². The van der Waals surface area contributed by atoms with Gasteiger partial charge in [0.25, 0.3) is 5.91 Å². The van der Waals surface area contributed by atoms with E-state index in [0.717, 1.165) is 5.56 Å². The van der Waals surface area contributed by atoms with Gasteiger partial charge in [0.2, 0.25) is 10.3 Å². The molecule has 0 aliphatic rings. The molecule has 6 nitrogen and oxygen atoms in total. The Morgan fingerprint density at radius 1 is 1.04 bits per heavy atom. The first-order valence-electron chi connectivity index (χ1n) is 6.84. The number of hydrogen-bond donors (Lipinski definition) is 2. The molecular formula is C15H11Cl2N5OS. The molecule has 0 saturated carbocycles. The Labute approximate surface area is 151 Å². The van der Waals surface area contributed by atoms with Crippen molar-refractivity contribution in [2.45, 2.75) is 6.54 Å². The predicted molar refractivity (Wildman–Crippen MR) is 95.9 cm³/mol. The third-order valence-electron chi connectivity index (χ3n) is 3.02. The minimum absolute atomic E-state index is 0.321. The Kier molecular flexibility index (Phi) is 5.24. The van der Waals surface area contributed by atoms with Gasteiger partial charge < -0.3 is 5.32 Å². The zero-order valence-corrected chi connectivity index (χ0v) is 14.5. The largest absolute Gasteiger partial charge is 0.356 e. The average molecular weight is 380 g/mol.